The smallest absolute Gasteiger partial charge is 0.341 e. The maximum atomic E-state index is 12.6. The molecule has 2 heterocycles. The highest BCUT2D eigenvalue weighted by molar-refractivity contribution is 5.92. The molecule has 0 aliphatic carbocycles. The van der Waals surface area contributed by atoms with Gasteiger partial charge in [0.05, 0.1) is 20.8 Å². The van der Waals surface area contributed by atoms with E-state index in [4.69, 9.17) is 19.2 Å². The molecule has 0 radical (unpaired) electrons. The first kappa shape index (κ1) is 22.9. The average molecular weight is 433 g/mol. The van der Waals surface area contributed by atoms with E-state index in [-0.39, 0.29) is 12.0 Å². The molecule has 1 atom stereocenters. The minimum atomic E-state index is -0.443. The number of rotatable bonds is 6. The van der Waals surface area contributed by atoms with Gasteiger partial charge in [-0.25, -0.2) is 9.79 Å². The number of carbonyl (C=O) groups is 2. The number of amides is 1. The van der Waals surface area contributed by atoms with Crippen LogP contribution in [-0.4, -0.2) is 87.3 Å². The normalized spacial score (nSPS) is 19.3. The zero-order chi connectivity index (χ0) is 22.2. The molecule has 9 heteroatoms. The Labute approximate surface area is 183 Å². The summed E-state index contributed by atoms with van der Waals surface area (Å²) in [4.78, 5) is 33.4. The Bertz CT molecular complexity index is 799. The van der Waals surface area contributed by atoms with Crippen molar-refractivity contribution in [1.29, 1.82) is 0 Å². The lowest BCUT2D eigenvalue weighted by Gasteiger charge is -2.37. The molecule has 3 rings (SSSR count). The molecule has 0 aromatic heterocycles. The van der Waals surface area contributed by atoms with E-state index in [9.17, 15) is 9.59 Å². The van der Waals surface area contributed by atoms with Gasteiger partial charge >= 0.3 is 5.97 Å². The second-order valence-corrected chi connectivity index (χ2v) is 7.51. The third kappa shape index (κ3) is 5.66. The molecular weight excluding hydrogens is 400 g/mol. The number of hydrogen-bond donors (Lipinski definition) is 1. The molecular formula is C22H32N4O5. The van der Waals surface area contributed by atoms with Crippen LogP contribution in [0.5, 0.6) is 5.75 Å². The topological polar surface area (TPSA) is 92.7 Å². The van der Waals surface area contributed by atoms with Crippen molar-refractivity contribution in [3.8, 4) is 5.75 Å². The zero-order valence-electron chi connectivity index (χ0n) is 18.6. The number of aliphatic imine (C=N–C) groups is 1. The van der Waals surface area contributed by atoms with E-state index in [1.807, 2.05) is 17.9 Å². The summed E-state index contributed by atoms with van der Waals surface area (Å²) in [6.45, 7) is 6.57. The van der Waals surface area contributed by atoms with Gasteiger partial charge in [-0.15, -0.1) is 0 Å². The largest absolute Gasteiger partial charge is 0.496 e. The van der Waals surface area contributed by atoms with Crippen LogP contribution >= 0.6 is 0 Å². The van der Waals surface area contributed by atoms with E-state index < -0.39 is 5.97 Å². The number of esters is 1. The first-order chi connectivity index (χ1) is 15.1. The van der Waals surface area contributed by atoms with Crippen LogP contribution in [0.1, 0.15) is 35.7 Å². The number of methoxy groups -OCH3 is 2. The van der Waals surface area contributed by atoms with E-state index in [1.165, 1.54) is 14.2 Å². The van der Waals surface area contributed by atoms with Crippen molar-refractivity contribution in [2.24, 2.45) is 4.99 Å². The lowest BCUT2D eigenvalue weighted by Crippen LogP contribution is -2.55. The highest BCUT2D eigenvalue weighted by Crippen LogP contribution is 2.21. The van der Waals surface area contributed by atoms with Crippen molar-refractivity contribution in [3.05, 3.63) is 29.3 Å². The lowest BCUT2D eigenvalue weighted by molar-refractivity contribution is -0.142. The molecule has 1 aromatic rings. The van der Waals surface area contributed by atoms with E-state index in [2.05, 4.69) is 10.2 Å². The highest BCUT2D eigenvalue weighted by Gasteiger charge is 2.30. The van der Waals surface area contributed by atoms with Gasteiger partial charge in [-0.2, -0.15) is 0 Å². The van der Waals surface area contributed by atoms with Gasteiger partial charge < -0.3 is 29.3 Å². The van der Waals surface area contributed by atoms with Gasteiger partial charge in [0.2, 0.25) is 0 Å². The predicted octanol–water partition coefficient (Wildman–Crippen LogP) is 1.27. The summed E-state index contributed by atoms with van der Waals surface area (Å²) in [5.41, 5.74) is 1.26. The van der Waals surface area contributed by atoms with Crippen LogP contribution in [0.2, 0.25) is 0 Å². The molecule has 0 bridgehead atoms. The van der Waals surface area contributed by atoms with E-state index in [0.717, 1.165) is 30.9 Å². The fraction of sp³-hybridized carbons (Fsp3) is 0.591. The molecule has 0 saturated carbocycles. The Kier molecular flexibility index (Phi) is 8.11. The Balaban J connectivity index is 1.64. The minimum absolute atomic E-state index is 0.104. The second kappa shape index (κ2) is 11.0. The first-order valence-corrected chi connectivity index (χ1v) is 10.8. The SMILES string of the molecule is CCNC(=NCc1ccc(OC)c(C(=O)OC)c1)N1CCN(C(=O)C2CCCO2)CC1. The highest BCUT2D eigenvalue weighted by atomic mass is 16.5. The van der Waals surface area contributed by atoms with E-state index >= 15 is 0 Å². The number of hydrogen-bond acceptors (Lipinski definition) is 6. The minimum Gasteiger partial charge on any atom is -0.496 e. The molecule has 2 fully saturated rings. The molecule has 1 unspecified atom stereocenters. The molecule has 31 heavy (non-hydrogen) atoms. The third-order valence-corrected chi connectivity index (χ3v) is 5.51. The standard InChI is InChI=1S/C22H32N4O5/c1-4-23-22(24-15-16-7-8-18(29-2)17(14-16)21(28)30-3)26-11-9-25(10-12-26)20(27)19-6-5-13-31-19/h7-8,14,19H,4-6,9-13,15H2,1-3H3,(H,23,24). The summed E-state index contributed by atoms with van der Waals surface area (Å²) >= 11 is 0. The monoisotopic (exact) mass is 432 g/mol. The number of piperazine rings is 1. The van der Waals surface area contributed by atoms with Crippen LogP contribution in [0, 0.1) is 0 Å². The quantitative estimate of drug-likeness (QED) is 0.411. The summed E-state index contributed by atoms with van der Waals surface area (Å²) in [6, 6.07) is 5.38. The van der Waals surface area contributed by atoms with Crippen LogP contribution < -0.4 is 10.1 Å². The lowest BCUT2D eigenvalue weighted by atomic mass is 10.1. The number of ether oxygens (including phenoxy) is 3. The van der Waals surface area contributed by atoms with E-state index in [1.54, 1.807) is 12.1 Å². The van der Waals surface area contributed by atoms with Crippen molar-refractivity contribution in [3.63, 3.8) is 0 Å². The molecule has 1 amide bonds. The van der Waals surface area contributed by atoms with Gasteiger partial charge in [0.1, 0.15) is 17.4 Å². The second-order valence-electron chi connectivity index (χ2n) is 7.51. The van der Waals surface area contributed by atoms with Gasteiger partial charge in [-0.3, -0.25) is 4.79 Å². The fourth-order valence-corrected chi connectivity index (χ4v) is 3.83. The van der Waals surface area contributed by atoms with Gasteiger partial charge in [-0.1, -0.05) is 6.07 Å². The average Bonchev–Trinajstić information content (AvgIpc) is 3.35. The van der Waals surface area contributed by atoms with Crippen molar-refractivity contribution in [2.45, 2.75) is 32.4 Å². The van der Waals surface area contributed by atoms with Crippen molar-refractivity contribution in [1.82, 2.24) is 15.1 Å². The van der Waals surface area contributed by atoms with Crippen molar-refractivity contribution >= 4 is 17.8 Å². The van der Waals surface area contributed by atoms with Gasteiger partial charge in [0.25, 0.3) is 5.91 Å². The van der Waals surface area contributed by atoms with Gasteiger partial charge in [0.15, 0.2) is 5.96 Å². The Morgan fingerprint density at radius 2 is 1.94 bits per heavy atom. The molecule has 1 N–H and O–H groups in total. The summed E-state index contributed by atoms with van der Waals surface area (Å²) in [5.74, 6) is 0.926. The molecule has 2 saturated heterocycles. The number of carbonyl (C=O) groups excluding carboxylic acids is 2. The maximum absolute atomic E-state index is 12.6. The summed E-state index contributed by atoms with van der Waals surface area (Å²) in [5, 5.41) is 3.32. The van der Waals surface area contributed by atoms with Crippen LogP contribution in [0.3, 0.4) is 0 Å². The Morgan fingerprint density at radius 3 is 2.55 bits per heavy atom. The Hall–Kier alpha value is -2.81. The van der Waals surface area contributed by atoms with Gasteiger partial charge in [-0.05, 0) is 37.5 Å². The molecule has 0 spiro atoms. The molecule has 9 nitrogen and oxygen atoms in total. The van der Waals surface area contributed by atoms with Crippen LogP contribution in [0.15, 0.2) is 23.2 Å². The summed E-state index contributed by atoms with van der Waals surface area (Å²) in [6.07, 6.45) is 1.50. The third-order valence-electron chi connectivity index (χ3n) is 5.51. The molecule has 2 aliphatic heterocycles. The van der Waals surface area contributed by atoms with Crippen molar-refractivity contribution < 1.29 is 23.8 Å². The van der Waals surface area contributed by atoms with Crippen LogP contribution in [-0.2, 0) is 20.8 Å². The number of guanidine groups is 1. The number of nitrogens with one attached hydrogen (secondary N) is 1. The van der Waals surface area contributed by atoms with E-state index in [0.29, 0.717) is 50.6 Å². The van der Waals surface area contributed by atoms with Gasteiger partial charge in [0, 0.05) is 39.3 Å². The number of nitrogens with zero attached hydrogens (tertiary/aromatic N) is 3. The number of benzene rings is 1. The first-order valence-electron chi connectivity index (χ1n) is 10.8. The summed E-state index contributed by atoms with van der Waals surface area (Å²) in [7, 11) is 2.87. The van der Waals surface area contributed by atoms with Crippen LogP contribution in [0.4, 0.5) is 0 Å². The Morgan fingerprint density at radius 1 is 1.19 bits per heavy atom. The summed E-state index contributed by atoms with van der Waals surface area (Å²) < 4.78 is 15.6. The molecule has 170 valence electrons. The molecule has 1 aromatic carbocycles. The zero-order valence-corrected chi connectivity index (χ0v) is 18.6. The molecule has 2 aliphatic rings. The maximum Gasteiger partial charge on any atom is 0.341 e. The van der Waals surface area contributed by atoms with Crippen molar-refractivity contribution in [2.75, 3.05) is 53.6 Å². The van der Waals surface area contributed by atoms with Crippen LogP contribution in [0.25, 0.3) is 0 Å². The fourth-order valence-electron chi connectivity index (χ4n) is 3.83. The predicted molar refractivity (Wildman–Crippen MR) is 116 cm³/mol.